The zero-order chi connectivity index (χ0) is 16.5. The number of aliphatic hydroxyl groups is 1. The Bertz CT molecular complexity index is 683. The number of halogens is 1. The maximum absolute atomic E-state index is 13.0. The molecule has 128 valence electrons. The van der Waals surface area contributed by atoms with Crippen molar-refractivity contribution >= 4 is 0 Å². The molecule has 1 aromatic heterocycles. The Morgan fingerprint density at radius 3 is 2.75 bits per heavy atom. The van der Waals surface area contributed by atoms with Gasteiger partial charge in [-0.1, -0.05) is 12.1 Å². The van der Waals surface area contributed by atoms with Crippen molar-refractivity contribution in [3.63, 3.8) is 0 Å². The van der Waals surface area contributed by atoms with E-state index in [9.17, 15) is 9.50 Å². The van der Waals surface area contributed by atoms with Crippen molar-refractivity contribution in [2.24, 2.45) is 0 Å². The third kappa shape index (κ3) is 3.35. The van der Waals surface area contributed by atoms with Crippen LogP contribution in [0.25, 0.3) is 0 Å². The van der Waals surface area contributed by atoms with Crippen LogP contribution in [0.5, 0.6) is 0 Å². The van der Waals surface area contributed by atoms with Gasteiger partial charge in [-0.25, -0.2) is 4.39 Å². The largest absolute Gasteiger partial charge is 0.387 e. The molecule has 0 spiro atoms. The number of nitrogens with zero attached hydrogens (tertiary/aromatic N) is 4. The Kier molecular flexibility index (Phi) is 4.33. The maximum Gasteiger partial charge on any atom is 0.137 e. The highest BCUT2D eigenvalue weighted by molar-refractivity contribution is 5.19. The molecule has 0 unspecified atom stereocenters. The zero-order valence-corrected chi connectivity index (χ0v) is 13.7. The van der Waals surface area contributed by atoms with Crippen molar-refractivity contribution in [3.8, 4) is 0 Å². The third-order valence-electron chi connectivity index (χ3n) is 5.10. The molecule has 1 saturated carbocycles. The molecule has 5 nitrogen and oxygen atoms in total. The molecule has 0 radical (unpaired) electrons. The van der Waals surface area contributed by atoms with Crippen LogP contribution in [-0.4, -0.2) is 44.4 Å². The number of aliphatic hydroxyl groups excluding tert-OH is 1. The highest BCUT2D eigenvalue weighted by Crippen LogP contribution is 2.38. The summed E-state index contributed by atoms with van der Waals surface area (Å²) in [5.41, 5.74) is 0.764. The number of hydrogen-bond donors (Lipinski definition) is 1. The molecule has 2 aliphatic rings. The zero-order valence-electron chi connectivity index (χ0n) is 13.7. The second-order valence-electron chi connectivity index (χ2n) is 6.99. The van der Waals surface area contributed by atoms with E-state index in [1.807, 2.05) is 6.33 Å². The molecule has 24 heavy (non-hydrogen) atoms. The predicted molar refractivity (Wildman–Crippen MR) is 88.1 cm³/mol. The van der Waals surface area contributed by atoms with E-state index in [-0.39, 0.29) is 5.82 Å². The molecule has 1 aliphatic heterocycles. The Hall–Kier alpha value is -1.79. The van der Waals surface area contributed by atoms with Crippen LogP contribution in [0.3, 0.4) is 0 Å². The monoisotopic (exact) mass is 330 g/mol. The van der Waals surface area contributed by atoms with Crippen molar-refractivity contribution in [1.82, 2.24) is 19.7 Å². The summed E-state index contributed by atoms with van der Waals surface area (Å²) in [6, 6.07) is 6.71. The van der Waals surface area contributed by atoms with Gasteiger partial charge in [0.05, 0.1) is 6.10 Å². The first kappa shape index (κ1) is 15.7. The van der Waals surface area contributed by atoms with Gasteiger partial charge in [-0.3, -0.25) is 4.90 Å². The van der Waals surface area contributed by atoms with Gasteiger partial charge in [0.15, 0.2) is 0 Å². The van der Waals surface area contributed by atoms with Gasteiger partial charge in [-0.05, 0) is 49.9 Å². The van der Waals surface area contributed by atoms with E-state index in [0.29, 0.717) is 18.5 Å². The second kappa shape index (κ2) is 6.61. The van der Waals surface area contributed by atoms with Crippen LogP contribution >= 0.6 is 0 Å². The molecule has 1 saturated heterocycles. The summed E-state index contributed by atoms with van der Waals surface area (Å²) in [5, 5.41) is 18.9. The van der Waals surface area contributed by atoms with Crippen LogP contribution < -0.4 is 0 Å². The standard InChI is InChI=1S/C18H23FN4O/c19-15-5-3-13(4-6-15)17(24)11-22-9-1-2-14(10-22)18-21-20-12-23(18)16-7-8-16/h3-6,12,14,16-17,24H,1-2,7-11H2/t14-,17-/m0/s1. The summed E-state index contributed by atoms with van der Waals surface area (Å²) in [6.45, 7) is 2.44. The maximum atomic E-state index is 13.0. The van der Waals surface area contributed by atoms with Gasteiger partial charge in [-0.15, -0.1) is 10.2 Å². The van der Waals surface area contributed by atoms with Crippen molar-refractivity contribution in [1.29, 1.82) is 0 Å². The molecule has 2 aromatic rings. The van der Waals surface area contributed by atoms with Crippen molar-refractivity contribution in [2.75, 3.05) is 19.6 Å². The fourth-order valence-electron chi connectivity index (χ4n) is 3.64. The first-order chi connectivity index (χ1) is 11.7. The van der Waals surface area contributed by atoms with Gasteiger partial charge in [0.2, 0.25) is 0 Å². The van der Waals surface area contributed by atoms with Gasteiger partial charge < -0.3 is 9.67 Å². The van der Waals surface area contributed by atoms with E-state index in [0.717, 1.165) is 37.3 Å². The summed E-state index contributed by atoms with van der Waals surface area (Å²) in [7, 11) is 0. The Balaban J connectivity index is 1.41. The summed E-state index contributed by atoms with van der Waals surface area (Å²) >= 11 is 0. The van der Waals surface area contributed by atoms with E-state index < -0.39 is 6.10 Å². The lowest BCUT2D eigenvalue weighted by Crippen LogP contribution is -2.38. The molecular formula is C18H23FN4O. The number of β-amino-alcohol motifs (C(OH)–C–C–N with tert-alkyl or cyclic N) is 1. The number of piperidine rings is 1. The first-order valence-corrected chi connectivity index (χ1v) is 8.76. The van der Waals surface area contributed by atoms with Crippen LogP contribution in [0, 0.1) is 5.82 Å². The number of likely N-dealkylation sites (tertiary alicyclic amines) is 1. The van der Waals surface area contributed by atoms with Gasteiger partial charge in [0.25, 0.3) is 0 Å². The summed E-state index contributed by atoms with van der Waals surface area (Å²) in [4.78, 5) is 2.29. The SMILES string of the molecule is O[C@@H](CN1CCC[C@H](c2nncn2C2CC2)C1)c1ccc(F)cc1. The lowest BCUT2D eigenvalue weighted by molar-refractivity contribution is 0.0940. The molecule has 2 heterocycles. The van der Waals surface area contributed by atoms with Crippen molar-refractivity contribution < 1.29 is 9.50 Å². The third-order valence-corrected chi connectivity index (χ3v) is 5.10. The molecule has 4 rings (SSSR count). The number of rotatable bonds is 5. The van der Waals surface area contributed by atoms with E-state index >= 15 is 0 Å². The average Bonchev–Trinajstić information content (AvgIpc) is 3.32. The predicted octanol–water partition coefficient (Wildman–Crippen LogP) is 2.67. The van der Waals surface area contributed by atoms with E-state index in [1.54, 1.807) is 12.1 Å². The van der Waals surface area contributed by atoms with Crippen LogP contribution in [-0.2, 0) is 0 Å². The van der Waals surface area contributed by atoms with Gasteiger partial charge in [-0.2, -0.15) is 0 Å². The van der Waals surface area contributed by atoms with E-state index in [1.165, 1.54) is 25.0 Å². The van der Waals surface area contributed by atoms with Crippen LogP contribution in [0.1, 0.15) is 55.1 Å². The smallest absolute Gasteiger partial charge is 0.137 e. The van der Waals surface area contributed by atoms with Crippen LogP contribution in [0.15, 0.2) is 30.6 Å². The Morgan fingerprint density at radius 2 is 2.00 bits per heavy atom. The summed E-state index contributed by atoms with van der Waals surface area (Å²) < 4.78 is 15.3. The lowest BCUT2D eigenvalue weighted by Gasteiger charge is -2.33. The van der Waals surface area contributed by atoms with Crippen LogP contribution in [0.4, 0.5) is 4.39 Å². The minimum atomic E-state index is -0.592. The number of hydrogen-bond acceptors (Lipinski definition) is 4. The first-order valence-electron chi connectivity index (χ1n) is 8.76. The molecule has 2 fully saturated rings. The topological polar surface area (TPSA) is 54.2 Å². The molecular weight excluding hydrogens is 307 g/mol. The van der Waals surface area contributed by atoms with Crippen molar-refractivity contribution in [3.05, 3.63) is 47.8 Å². The van der Waals surface area contributed by atoms with E-state index in [4.69, 9.17) is 0 Å². The normalized spacial score (nSPS) is 23.3. The van der Waals surface area contributed by atoms with Gasteiger partial charge >= 0.3 is 0 Å². The lowest BCUT2D eigenvalue weighted by atomic mass is 9.96. The fourth-order valence-corrected chi connectivity index (χ4v) is 3.64. The average molecular weight is 330 g/mol. The Labute approximate surface area is 141 Å². The molecule has 1 aliphatic carbocycles. The second-order valence-corrected chi connectivity index (χ2v) is 6.99. The minimum absolute atomic E-state index is 0.275. The minimum Gasteiger partial charge on any atom is -0.387 e. The summed E-state index contributed by atoms with van der Waals surface area (Å²) in [6.07, 6.45) is 5.94. The molecule has 1 N–H and O–H groups in total. The van der Waals surface area contributed by atoms with E-state index in [2.05, 4.69) is 19.7 Å². The van der Waals surface area contributed by atoms with Crippen molar-refractivity contribution in [2.45, 2.75) is 43.7 Å². The molecule has 1 aromatic carbocycles. The van der Waals surface area contributed by atoms with Gasteiger partial charge in [0.1, 0.15) is 18.0 Å². The summed E-state index contributed by atoms with van der Waals surface area (Å²) in [5.74, 6) is 1.20. The quantitative estimate of drug-likeness (QED) is 0.916. The molecule has 2 atom stereocenters. The van der Waals surface area contributed by atoms with Crippen LogP contribution in [0.2, 0.25) is 0 Å². The molecule has 6 heteroatoms. The highest BCUT2D eigenvalue weighted by Gasteiger charge is 2.31. The fraction of sp³-hybridized carbons (Fsp3) is 0.556. The number of aromatic nitrogens is 3. The highest BCUT2D eigenvalue weighted by atomic mass is 19.1. The Morgan fingerprint density at radius 1 is 1.21 bits per heavy atom. The number of benzene rings is 1. The molecule has 0 amide bonds. The van der Waals surface area contributed by atoms with Gasteiger partial charge in [0, 0.05) is 25.0 Å². The molecule has 0 bridgehead atoms.